The van der Waals surface area contributed by atoms with Gasteiger partial charge in [-0.25, -0.2) is 0 Å². The quantitative estimate of drug-likeness (QED) is 0.905. The fraction of sp³-hybridized carbons (Fsp3) is 0.632. The molecule has 2 aliphatic heterocycles. The number of carbonyl (C=O) groups excluding carboxylic acids is 1. The molecule has 0 aliphatic carbocycles. The van der Waals surface area contributed by atoms with E-state index in [2.05, 4.69) is 37.4 Å². The van der Waals surface area contributed by atoms with Crippen LogP contribution in [0.3, 0.4) is 0 Å². The van der Waals surface area contributed by atoms with Gasteiger partial charge in [0.2, 0.25) is 0 Å². The molecule has 0 spiro atoms. The summed E-state index contributed by atoms with van der Waals surface area (Å²) in [4.78, 5) is 14.7. The summed E-state index contributed by atoms with van der Waals surface area (Å²) in [5.74, 6) is 2.65. The third kappa shape index (κ3) is 3.86. The van der Waals surface area contributed by atoms with Crippen LogP contribution in [0.15, 0.2) is 18.2 Å². The fourth-order valence-electron chi connectivity index (χ4n) is 3.64. The standard InChI is InChI=1S/C19H28N2O2.ClH/c1-12(2)15-6-5-13(3)18(7-15)23-14(4)19(22)21-10-16-8-20-9-17(16)11-21;/h5-7,12,14,16-17,20H,8-11H2,1-4H3;1H/t14?,16-,17+;. The van der Waals surface area contributed by atoms with Crippen LogP contribution in [0.1, 0.15) is 37.8 Å². The minimum Gasteiger partial charge on any atom is -0.481 e. The van der Waals surface area contributed by atoms with Crippen molar-refractivity contribution in [1.82, 2.24) is 10.2 Å². The second-order valence-corrected chi connectivity index (χ2v) is 7.36. The van der Waals surface area contributed by atoms with E-state index in [1.54, 1.807) is 0 Å². The van der Waals surface area contributed by atoms with E-state index in [9.17, 15) is 4.79 Å². The number of ether oxygens (including phenoxy) is 1. The van der Waals surface area contributed by atoms with Crippen LogP contribution in [-0.2, 0) is 4.79 Å². The Hall–Kier alpha value is -1.26. The van der Waals surface area contributed by atoms with Gasteiger partial charge in [-0.15, -0.1) is 12.4 Å². The van der Waals surface area contributed by atoms with Crippen molar-refractivity contribution in [1.29, 1.82) is 0 Å². The first kappa shape index (κ1) is 19.1. The van der Waals surface area contributed by atoms with Crippen molar-refractivity contribution in [3.8, 4) is 5.75 Å². The van der Waals surface area contributed by atoms with E-state index in [1.165, 1.54) is 5.56 Å². The molecule has 134 valence electrons. The number of nitrogens with one attached hydrogen (secondary N) is 1. The zero-order valence-corrected chi connectivity index (χ0v) is 15.9. The molecule has 3 rings (SSSR count). The molecule has 2 saturated heterocycles. The minimum atomic E-state index is -0.428. The summed E-state index contributed by atoms with van der Waals surface area (Å²) >= 11 is 0. The van der Waals surface area contributed by atoms with Gasteiger partial charge in [-0.1, -0.05) is 26.0 Å². The number of halogens is 1. The van der Waals surface area contributed by atoms with Gasteiger partial charge in [0.1, 0.15) is 5.75 Å². The molecular weight excluding hydrogens is 324 g/mol. The summed E-state index contributed by atoms with van der Waals surface area (Å²) in [7, 11) is 0. The number of carbonyl (C=O) groups is 1. The molecule has 0 saturated carbocycles. The fourth-order valence-corrected chi connectivity index (χ4v) is 3.64. The zero-order valence-electron chi connectivity index (χ0n) is 15.0. The van der Waals surface area contributed by atoms with Gasteiger partial charge < -0.3 is 15.0 Å². The van der Waals surface area contributed by atoms with Crippen LogP contribution in [0.5, 0.6) is 5.75 Å². The van der Waals surface area contributed by atoms with E-state index in [-0.39, 0.29) is 18.3 Å². The number of nitrogens with zero attached hydrogens (tertiary/aromatic N) is 1. The number of benzene rings is 1. The van der Waals surface area contributed by atoms with Crippen molar-refractivity contribution in [2.75, 3.05) is 26.2 Å². The molecule has 0 aromatic heterocycles. The number of rotatable bonds is 4. The predicted molar refractivity (Wildman–Crippen MR) is 99.0 cm³/mol. The van der Waals surface area contributed by atoms with Gasteiger partial charge >= 0.3 is 0 Å². The normalized spacial score (nSPS) is 23.8. The summed E-state index contributed by atoms with van der Waals surface area (Å²) in [6.45, 7) is 12.1. The highest BCUT2D eigenvalue weighted by Crippen LogP contribution is 2.28. The van der Waals surface area contributed by atoms with Crippen molar-refractivity contribution in [2.45, 2.75) is 39.7 Å². The number of hydrogen-bond donors (Lipinski definition) is 1. The van der Waals surface area contributed by atoms with Gasteiger partial charge in [-0.2, -0.15) is 0 Å². The topological polar surface area (TPSA) is 41.6 Å². The van der Waals surface area contributed by atoms with Gasteiger partial charge in [-0.3, -0.25) is 4.79 Å². The molecule has 2 fully saturated rings. The predicted octanol–water partition coefficient (Wildman–Crippen LogP) is 2.99. The van der Waals surface area contributed by atoms with Gasteiger partial charge in [0.15, 0.2) is 6.10 Å². The average molecular weight is 353 g/mol. The third-order valence-corrected chi connectivity index (χ3v) is 5.23. The SMILES string of the molecule is Cc1ccc(C(C)C)cc1OC(C)C(=O)N1C[C@H]2CNC[C@H]2C1.Cl. The summed E-state index contributed by atoms with van der Waals surface area (Å²) in [5, 5.41) is 3.41. The second kappa shape index (κ2) is 7.75. The van der Waals surface area contributed by atoms with Gasteiger partial charge in [0.05, 0.1) is 0 Å². The molecule has 1 amide bonds. The Labute approximate surface area is 151 Å². The summed E-state index contributed by atoms with van der Waals surface area (Å²) in [6.07, 6.45) is -0.428. The number of aryl methyl sites for hydroxylation is 1. The number of amides is 1. The first-order chi connectivity index (χ1) is 11.0. The second-order valence-electron chi connectivity index (χ2n) is 7.36. The molecule has 5 heteroatoms. The highest BCUT2D eigenvalue weighted by Gasteiger charge is 2.39. The van der Waals surface area contributed by atoms with Crippen molar-refractivity contribution in [3.63, 3.8) is 0 Å². The summed E-state index contributed by atoms with van der Waals surface area (Å²) < 4.78 is 6.03. The monoisotopic (exact) mass is 352 g/mol. The van der Waals surface area contributed by atoms with Crippen LogP contribution in [0.25, 0.3) is 0 Å². The average Bonchev–Trinajstić information content (AvgIpc) is 3.09. The van der Waals surface area contributed by atoms with Gasteiger partial charge in [0, 0.05) is 26.2 Å². The highest BCUT2D eigenvalue weighted by atomic mass is 35.5. The molecule has 2 aliphatic rings. The molecule has 3 atom stereocenters. The van der Waals surface area contributed by atoms with Gasteiger partial charge in [-0.05, 0) is 48.8 Å². The first-order valence-electron chi connectivity index (χ1n) is 8.72. The maximum absolute atomic E-state index is 12.7. The Morgan fingerprint density at radius 1 is 1.21 bits per heavy atom. The molecular formula is C19H29ClN2O2. The highest BCUT2D eigenvalue weighted by molar-refractivity contribution is 5.85. The van der Waals surface area contributed by atoms with E-state index in [4.69, 9.17) is 4.74 Å². The maximum atomic E-state index is 12.7. The van der Waals surface area contributed by atoms with Crippen molar-refractivity contribution >= 4 is 18.3 Å². The Bertz CT molecular complexity index is 579. The molecule has 1 aromatic carbocycles. The maximum Gasteiger partial charge on any atom is 0.263 e. The minimum absolute atomic E-state index is 0. The smallest absolute Gasteiger partial charge is 0.263 e. The molecule has 1 N–H and O–H groups in total. The van der Waals surface area contributed by atoms with E-state index in [0.29, 0.717) is 17.8 Å². The molecule has 2 heterocycles. The molecule has 1 aromatic rings. The Balaban J connectivity index is 0.00000208. The van der Waals surface area contributed by atoms with Crippen LogP contribution >= 0.6 is 12.4 Å². The Morgan fingerprint density at radius 2 is 1.83 bits per heavy atom. The number of fused-ring (bicyclic) bond motifs is 1. The Kier molecular flexibility index (Phi) is 6.16. The molecule has 4 nitrogen and oxygen atoms in total. The number of hydrogen-bond acceptors (Lipinski definition) is 3. The van der Waals surface area contributed by atoms with Gasteiger partial charge in [0.25, 0.3) is 5.91 Å². The van der Waals surface area contributed by atoms with Crippen molar-refractivity contribution in [3.05, 3.63) is 29.3 Å². The van der Waals surface area contributed by atoms with E-state index in [0.717, 1.165) is 37.5 Å². The molecule has 24 heavy (non-hydrogen) atoms. The van der Waals surface area contributed by atoms with Crippen molar-refractivity contribution in [2.24, 2.45) is 11.8 Å². The lowest BCUT2D eigenvalue weighted by Crippen LogP contribution is -2.40. The molecule has 0 bridgehead atoms. The van der Waals surface area contributed by atoms with Crippen LogP contribution in [0.4, 0.5) is 0 Å². The van der Waals surface area contributed by atoms with Crippen LogP contribution in [0.2, 0.25) is 0 Å². The van der Waals surface area contributed by atoms with Crippen molar-refractivity contribution < 1.29 is 9.53 Å². The molecule has 0 radical (unpaired) electrons. The van der Waals surface area contributed by atoms with Crippen LogP contribution in [-0.4, -0.2) is 43.1 Å². The van der Waals surface area contributed by atoms with E-state index < -0.39 is 6.10 Å². The zero-order chi connectivity index (χ0) is 16.6. The third-order valence-electron chi connectivity index (χ3n) is 5.23. The van der Waals surface area contributed by atoms with E-state index >= 15 is 0 Å². The Morgan fingerprint density at radius 3 is 2.42 bits per heavy atom. The first-order valence-corrected chi connectivity index (χ1v) is 8.72. The molecule has 1 unspecified atom stereocenters. The van der Waals surface area contributed by atoms with Crippen LogP contribution < -0.4 is 10.1 Å². The van der Waals surface area contributed by atoms with E-state index in [1.807, 2.05) is 18.7 Å². The number of likely N-dealkylation sites (tertiary alicyclic amines) is 1. The van der Waals surface area contributed by atoms with Crippen LogP contribution in [0, 0.1) is 18.8 Å². The summed E-state index contributed by atoms with van der Waals surface area (Å²) in [5.41, 5.74) is 2.32. The largest absolute Gasteiger partial charge is 0.481 e. The summed E-state index contributed by atoms with van der Waals surface area (Å²) in [6, 6.07) is 6.29. The lowest BCUT2D eigenvalue weighted by Gasteiger charge is -2.23. The lowest BCUT2D eigenvalue weighted by atomic mass is 10.0. The lowest BCUT2D eigenvalue weighted by molar-refractivity contribution is -0.137.